The fourth-order valence-electron chi connectivity index (χ4n) is 2.24. The zero-order chi connectivity index (χ0) is 18.3. The van der Waals surface area contributed by atoms with Gasteiger partial charge in [-0.3, -0.25) is 4.79 Å². The molecule has 3 nitrogen and oxygen atoms in total. The van der Waals surface area contributed by atoms with E-state index in [0.717, 1.165) is 17.0 Å². The lowest BCUT2D eigenvalue weighted by Crippen LogP contribution is -2.12. The summed E-state index contributed by atoms with van der Waals surface area (Å²) in [5.41, 5.74) is 3.06. The van der Waals surface area contributed by atoms with Gasteiger partial charge in [-0.05, 0) is 46.9 Å². The van der Waals surface area contributed by atoms with Crippen molar-refractivity contribution in [3.05, 3.63) is 78.4 Å². The van der Waals surface area contributed by atoms with Crippen LogP contribution in [0.15, 0.2) is 67.3 Å². The quantitative estimate of drug-likeness (QED) is 0.582. The third-order valence-corrected chi connectivity index (χ3v) is 3.69. The van der Waals surface area contributed by atoms with Crippen LogP contribution in [0.3, 0.4) is 0 Å². The predicted octanol–water partition coefficient (Wildman–Crippen LogP) is 5.20. The Morgan fingerprint density at radius 1 is 1.08 bits per heavy atom. The molecule has 0 saturated carbocycles. The number of carbonyl (C=O) groups is 1. The van der Waals surface area contributed by atoms with Crippen LogP contribution < -0.4 is 10.1 Å². The van der Waals surface area contributed by atoms with Crippen LogP contribution in [-0.4, -0.2) is 12.5 Å². The van der Waals surface area contributed by atoms with Gasteiger partial charge in [-0.1, -0.05) is 57.7 Å². The van der Waals surface area contributed by atoms with Gasteiger partial charge in [0.25, 0.3) is 0 Å². The first-order valence-corrected chi connectivity index (χ1v) is 8.32. The topological polar surface area (TPSA) is 38.3 Å². The van der Waals surface area contributed by atoms with E-state index in [0.29, 0.717) is 6.61 Å². The summed E-state index contributed by atoms with van der Waals surface area (Å²) in [6.45, 7) is 10.6. The van der Waals surface area contributed by atoms with Crippen LogP contribution in [0, 0.1) is 0 Å². The summed E-state index contributed by atoms with van der Waals surface area (Å²) in [6.07, 6.45) is 5.00. The van der Waals surface area contributed by atoms with Crippen molar-refractivity contribution >= 4 is 17.7 Å². The molecule has 0 aliphatic carbocycles. The van der Waals surface area contributed by atoms with Crippen molar-refractivity contribution in [1.82, 2.24) is 0 Å². The highest BCUT2D eigenvalue weighted by molar-refractivity contribution is 6.01. The molecule has 0 radical (unpaired) electrons. The minimum absolute atomic E-state index is 0.101. The summed E-state index contributed by atoms with van der Waals surface area (Å²) in [5, 5.41) is 2.87. The van der Waals surface area contributed by atoms with Crippen LogP contribution in [0.4, 0.5) is 5.69 Å². The summed E-state index contributed by atoms with van der Waals surface area (Å²) >= 11 is 0. The first-order chi connectivity index (χ1) is 11.9. The summed E-state index contributed by atoms with van der Waals surface area (Å²) < 4.78 is 5.43. The molecular weight excluding hydrogens is 310 g/mol. The number of anilines is 1. The van der Waals surface area contributed by atoms with E-state index in [1.807, 2.05) is 48.5 Å². The van der Waals surface area contributed by atoms with Crippen molar-refractivity contribution in [2.75, 3.05) is 11.9 Å². The zero-order valence-corrected chi connectivity index (χ0v) is 15.1. The molecule has 0 bridgehead atoms. The number of nitrogens with one attached hydrogen (secondary N) is 1. The Kier molecular flexibility index (Phi) is 6.18. The highest BCUT2D eigenvalue weighted by Crippen LogP contribution is 2.23. The van der Waals surface area contributed by atoms with Crippen molar-refractivity contribution in [2.24, 2.45) is 0 Å². The van der Waals surface area contributed by atoms with E-state index in [9.17, 15) is 4.79 Å². The van der Waals surface area contributed by atoms with E-state index in [2.05, 4.69) is 32.7 Å². The third-order valence-electron chi connectivity index (χ3n) is 3.69. The molecule has 130 valence electrons. The molecule has 3 heteroatoms. The molecule has 0 heterocycles. The molecule has 0 unspecified atom stereocenters. The Bertz CT molecular complexity index is 735. The van der Waals surface area contributed by atoms with Crippen LogP contribution in [0.1, 0.15) is 31.9 Å². The summed E-state index contributed by atoms with van der Waals surface area (Å²) in [4.78, 5) is 12.0. The second-order valence-corrected chi connectivity index (χ2v) is 6.82. The molecule has 1 N–H and O–H groups in total. The number of carbonyl (C=O) groups excluding carboxylic acids is 1. The lowest BCUT2D eigenvalue weighted by Gasteiger charge is -2.19. The normalized spacial score (nSPS) is 11.3. The van der Waals surface area contributed by atoms with E-state index in [4.69, 9.17) is 4.74 Å². The predicted molar refractivity (Wildman–Crippen MR) is 105 cm³/mol. The fraction of sp³-hybridized carbons (Fsp3) is 0.227. The van der Waals surface area contributed by atoms with Crippen molar-refractivity contribution < 1.29 is 9.53 Å². The van der Waals surface area contributed by atoms with Gasteiger partial charge in [0.15, 0.2) is 0 Å². The molecule has 2 aromatic rings. The first kappa shape index (κ1) is 18.5. The molecule has 0 spiro atoms. The minimum Gasteiger partial charge on any atom is -0.490 e. The Labute approximate surface area is 150 Å². The molecule has 1 amide bonds. The maximum Gasteiger partial charge on any atom is 0.248 e. The van der Waals surface area contributed by atoms with Gasteiger partial charge < -0.3 is 10.1 Å². The van der Waals surface area contributed by atoms with Crippen LogP contribution in [0.5, 0.6) is 5.75 Å². The smallest absolute Gasteiger partial charge is 0.248 e. The molecule has 2 aromatic carbocycles. The number of hydrogen-bond donors (Lipinski definition) is 1. The average molecular weight is 335 g/mol. The molecule has 0 aliphatic rings. The van der Waals surface area contributed by atoms with Crippen LogP contribution >= 0.6 is 0 Å². The van der Waals surface area contributed by atoms with Gasteiger partial charge in [-0.2, -0.15) is 0 Å². The second-order valence-electron chi connectivity index (χ2n) is 6.82. The third kappa shape index (κ3) is 5.96. The summed E-state index contributed by atoms with van der Waals surface area (Å²) in [7, 11) is 0. The molecule has 0 atom stereocenters. The van der Waals surface area contributed by atoms with E-state index < -0.39 is 0 Å². The number of benzene rings is 2. The van der Waals surface area contributed by atoms with Gasteiger partial charge in [-0.15, -0.1) is 0 Å². The van der Waals surface area contributed by atoms with Gasteiger partial charge in [0.1, 0.15) is 12.4 Å². The minimum atomic E-state index is -0.157. The highest BCUT2D eigenvalue weighted by Gasteiger charge is 2.12. The number of amides is 1. The lowest BCUT2D eigenvalue weighted by molar-refractivity contribution is -0.111. The molecule has 25 heavy (non-hydrogen) atoms. The van der Waals surface area contributed by atoms with E-state index in [1.165, 1.54) is 11.6 Å². The summed E-state index contributed by atoms with van der Waals surface area (Å²) in [5.74, 6) is 0.621. The largest absolute Gasteiger partial charge is 0.490 e. The van der Waals surface area contributed by atoms with Crippen molar-refractivity contribution in [3.63, 3.8) is 0 Å². The number of rotatable bonds is 6. The van der Waals surface area contributed by atoms with Crippen molar-refractivity contribution in [2.45, 2.75) is 26.2 Å². The molecule has 2 rings (SSSR count). The fourth-order valence-corrected chi connectivity index (χ4v) is 2.24. The maximum absolute atomic E-state index is 12.0. The maximum atomic E-state index is 12.0. The van der Waals surface area contributed by atoms with Crippen LogP contribution in [-0.2, 0) is 10.2 Å². The molecule has 0 aromatic heterocycles. The first-order valence-electron chi connectivity index (χ1n) is 8.32. The van der Waals surface area contributed by atoms with Gasteiger partial charge in [0, 0.05) is 11.8 Å². The van der Waals surface area contributed by atoms with Crippen LogP contribution in [0.25, 0.3) is 6.08 Å². The Morgan fingerprint density at radius 2 is 1.72 bits per heavy atom. The summed E-state index contributed by atoms with van der Waals surface area (Å²) in [6, 6.07) is 15.5. The SMILES string of the molecule is C=CCOc1ccc(/C=C/C(=O)Nc2ccc(C(C)(C)C)cc2)cc1. The standard InChI is InChI=1S/C22H25NO2/c1-5-16-25-20-13-6-17(7-14-20)8-15-21(24)23-19-11-9-18(10-12-19)22(2,3)4/h5-15H,1,16H2,2-4H3,(H,23,24)/b15-8+. The zero-order valence-electron chi connectivity index (χ0n) is 15.1. The second kappa shape index (κ2) is 8.34. The van der Waals surface area contributed by atoms with Crippen molar-refractivity contribution in [1.29, 1.82) is 0 Å². The monoisotopic (exact) mass is 335 g/mol. The Balaban J connectivity index is 1.93. The van der Waals surface area contributed by atoms with Gasteiger partial charge in [0.2, 0.25) is 5.91 Å². The van der Waals surface area contributed by atoms with Gasteiger partial charge in [-0.25, -0.2) is 0 Å². The molecule has 0 aliphatic heterocycles. The lowest BCUT2D eigenvalue weighted by atomic mass is 9.87. The number of hydrogen-bond acceptors (Lipinski definition) is 2. The molecular formula is C22H25NO2. The number of ether oxygens (including phenoxy) is 1. The highest BCUT2D eigenvalue weighted by atomic mass is 16.5. The van der Waals surface area contributed by atoms with E-state index >= 15 is 0 Å². The van der Waals surface area contributed by atoms with Gasteiger partial charge >= 0.3 is 0 Å². The Hall–Kier alpha value is -2.81. The van der Waals surface area contributed by atoms with Crippen LogP contribution in [0.2, 0.25) is 0 Å². The molecule has 0 saturated heterocycles. The van der Waals surface area contributed by atoms with E-state index in [1.54, 1.807) is 12.2 Å². The van der Waals surface area contributed by atoms with Gasteiger partial charge in [0.05, 0.1) is 0 Å². The Morgan fingerprint density at radius 3 is 2.28 bits per heavy atom. The average Bonchev–Trinajstić information content (AvgIpc) is 2.59. The molecule has 0 fully saturated rings. The van der Waals surface area contributed by atoms with Crippen molar-refractivity contribution in [3.8, 4) is 5.75 Å². The van der Waals surface area contributed by atoms with E-state index in [-0.39, 0.29) is 11.3 Å².